The molecular formula is C18H24N4O3S. The molecule has 1 aliphatic rings. The average molecular weight is 376 g/mol. The molecule has 1 saturated heterocycles. The van der Waals surface area contributed by atoms with Gasteiger partial charge in [0.15, 0.2) is 6.10 Å². The van der Waals surface area contributed by atoms with Crippen LogP contribution in [0.4, 0.5) is 0 Å². The van der Waals surface area contributed by atoms with Crippen LogP contribution in [-0.4, -0.2) is 52.5 Å². The maximum Gasteiger partial charge on any atom is 0.264 e. The molecule has 3 rings (SSSR count). The van der Waals surface area contributed by atoms with Crippen LogP contribution >= 0.6 is 11.3 Å². The van der Waals surface area contributed by atoms with Crippen molar-refractivity contribution < 1.29 is 14.3 Å². The molecule has 2 amide bonds. The number of nitrogens with two attached hydrogens (primary N) is 1. The van der Waals surface area contributed by atoms with Crippen molar-refractivity contribution in [1.82, 2.24) is 14.9 Å². The highest BCUT2D eigenvalue weighted by Gasteiger charge is 2.31. The summed E-state index contributed by atoms with van der Waals surface area (Å²) in [7, 11) is 0. The highest BCUT2D eigenvalue weighted by Crippen LogP contribution is 2.34. The number of carbonyl (C=O) groups is 2. The van der Waals surface area contributed by atoms with Crippen LogP contribution in [0.2, 0.25) is 0 Å². The minimum absolute atomic E-state index is 0.114. The fourth-order valence-corrected chi connectivity index (χ4v) is 4.23. The third kappa shape index (κ3) is 3.31. The molecule has 0 saturated carbocycles. The summed E-state index contributed by atoms with van der Waals surface area (Å²) in [6, 6.07) is 0. The lowest BCUT2D eigenvalue weighted by atomic mass is 9.95. The predicted molar refractivity (Wildman–Crippen MR) is 100 cm³/mol. The Labute approximate surface area is 156 Å². The highest BCUT2D eigenvalue weighted by molar-refractivity contribution is 7.20. The number of rotatable bonds is 2. The lowest BCUT2D eigenvalue weighted by Gasteiger charge is -2.31. The molecule has 2 aromatic rings. The van der Waals surface area contributed by atoms with Crippen molar-refractivity contribution in [2.24, 2.45) is 5.73 Å². The lowest BCUT2D eigenvalue weighted by Crippen LogP contribution is -2.50. The van der Waals surface area contributed by atoms with E-state index in [9.17, 15) is 9.59 Å². The van der Waals surface area contributed by atoms with Crippen molar-refractivity contribution in [2.75, 3.05) is 19.7 Å². The number of aromatic nitrogens is 2. The molecule has 1 atom stereocenters. The van der Waals surface area contributed by atoms with Crippen LogP contribution < -0.4 is 5.73 Å². The Morgan fingerprint density at radius 2 is 1.96 bits per heavy atom. The number of amides is 2. The second kappa shape index (κ2) is 6.59. The Balaban J connectivity index is 2.00. The summed E-state index contributed by atoms with van der Waals surface area (Å²) in [4.78, 5) is 36.8. The lowest BCUT2D eigenvalue weighted by molar-refractivity contribution is -0.133. The van der Waals surface area contributed by atoms with Gasteiger partial charge >= 0.3 is 0 Å². The van der Waals surface area contributed by atoms with Crippen LogP contribution in [0, 0.1) is 13.8 Å². The Morgan fingerprint density at radius 1 is 1.27 bits per heavy atom. The first-order chi connectivity index (χ1) is 12.1. The number of morpholine rings is 1. The first kappa shape index (κ1) is 18.7. The molecule has 0 aliphatic carbocycles. The van der Waals surface area contributed by atoms with Crippen LogP contribution in [0.3, 0.4) is 0 Å². The molecule has 0 radical (unpaired) electrons. The van der Waals surface area contributed by atoms with Crippen molar-refractivity contribution in [3.8, 4) is 0 Å². The molecule has 140 valence electrons. The Morgan fingerprint density at radius 3 is 2.58 bits per heavy atom. The van der Waals surface area contributed by atoms with Crippen molar-refractivity contribution >= 4 is 33.4 Å². The van der Waals surface area contributed by atoms with Crippen molar-refractivity contribution in [3.63, 3.8) is 0 Å². The van der Waals surface area contributed by atoms with Gasteiger partial charge in [0.1, 0.15) is 10.7 Å². The number of fused-ring (bicyclic) bond motifs is 1. The molecule has 7 nitrogen and oxygen atoms in total. The summed E-state index contributed by atoms with van der Waals surface area (Å²) < 4.78 is 5.33. The van der Waals surface area contributed by atoms with E-state index < -0.39 is 12.0 Å². The zero-order chi connectivity index (χ0) is 19.2. The molecule has 0 bridgehead atoms. The van der Waals surface area contributed by atoms with E-state index in [2.05, 4.69) is 25.8 Å². The van der Waals surface area contributed by atoms with E-state index in [0.717, 1.165) is 27.3 Å². The molecule has 1 fully saturated rings. The number of hydrogen-bond donors (Lipinski definition) is 1. The monoisotopic (exact) mass is 376 g/mol. The summed E-state index contributed by atoms with van der Waals surface area (Å²) >= 11 is 1.38. The minimum atomic E-state index is -0.753. The molecule has 0 spiro atoms. The van der Waals surface area contributed by atoms with Gasteiger partial charge in [0.25, 0.3) is 5.91 Å². The van der Waals surface area contributed by atoms with Crippen LogP contribution in [-0.2, 0) is 14.9 Å². The largest absolute Gasteiger partial charge is 0.367 e. The van der Waals surface area contributed by atoms with Gasteiger partial charge in [-0.05, 0) is 19.4 Å². The van der Waals surface area contributed by atoms with Gasteiger partial charge in [0, 0.05) is 17.3 Å². The highest BCUT2D eigenvalue weighted by atomic mass is 32.1. The van der Waals surface area contributed by atoms with Crippen LogP contribution in [0.5, 0.6) is 0 Å². The molecular weight excluding hydrogens is 352 g/mol. The first-order valence-electron chi connectivity index (χ1n) is 8.58. The summed E-state index contributed by atoms with van der Waals surface area (Å²) in [5, 5.41) is 0.936. The fourth-order valence-electron chi connectivity index (χ4n) is 3.03. The van der Waals surface area contributed by atoms with Crippen molar-refractivity contribution in [1.29, 1.82) is 0 Å². The van der Waals surface area contributed by atoms with Crippen LogP contribution in [0.25, 0.3) is 10.2 Å². The number of carbonyl (C=O) groups excluding carboxylic acids is 2. The Hall–Kier alpha value is -2.06. The molecule has 8 heteroatoms. The van der Waals surface area contributed by atoms with E-state index in [4.69, 9.17) is 15.5 Å². The minimum Gasteiger partial charge on any atom is -0.367 e. The topological polar surface area (TPSA) is 98.4 Å². The van der Waals surface area contributed by atoms with E-state index in [0.29, 0.717) is 18.0 Å². The molecule has 3 heterocycles. The van der Waals surface area contributed by atoms with E-state index in [1.807, 2.05) is 13.8 Å². The van der Waals surface area contributed by atoms with Gasteiger partial charge in [-0.2, -0.15) is 0 Å². The molecule has 1 aliphatic heterocycles. The third-order valence-electron chi connectivity index (χ3n) is 4.51. The maximum atomic E-state index is 13.0. The first-order valence-corrected chi connectivity index (χ1v) is 9.39. The van der Waals surface area contributed by atoms with Gasteiger partial charge in [0.2, 0.25) is 5.91 Å². The third-order valence-corrected chi connectivity index (χ3v) is 5.68. The maximum absolute atomic E-state index is 13.0. The summed E-state index contributed by atoms with van der Waals surface area (Å²) in [5.74, 6) is 0.103. The standard InChI is InChI=1S/C18H24N4O3S/c1-9-12-10(2)20-17(18(3,4)5)21-15(12)26-13(9)16(24)22-6-7-25-11(8-22)14(19)23/h11H,6-8H2,1-5H3,(H2,19,23). The fraction of sp³-hybridized carbons (Fsp3) is 0.556. The predicted octanol–water partition coefficient (Wildman–Crippen LogP) is 1.93. The summed E-state index contributed by atoms with van der Waals surface area (Å²) in [6.07, 6.45) is -0.753. The molecule has 1 unspecified atom stereocenters. The number of aryl methyl sites for hydroxylation is 2. The van der Waals surface area contributed by atoms with Crippen molar-refractivity contribution in [3.05, 3.63) is 22.0 Å². The van der Waals surface area contributed by atoms with E-state index >= 15 is 0 Å². The van der Waals surface area contributed by atoms with Crippen molar-refractivity contribution in [2.45, 2.75) is 46.1 Å². The number of thiophene rings is 1. The average Bonchev–Trinajstić information content (AvgIpc) is 2.90. The smallest absolute Gasteiger partial charge is 0.264 e. The van der Waals surface area contributed by atoms with E-state index in [1.165, 1.54) is 11.3 Å². The van der Waals surface area contributed by atoms with Gasteiger partial charge in [0.05, 0.1) is 23.7 Å². The van der Waals surface area contributed by atoms with Gasteiger partial charge in [-0.15, -0.1) is 11.3 Å². The normalized spacial score (nSPS) is 18.3. The molecule has 26 heavy (non-hydrogen) atoms. The van der Waals surface area contributed by atoms with Gasteiger partial charge in [-0.3, -0.25) is 9.59 Å². The zero-order valence-electron chi connectivity index (χ0n) is 15.8. The molecule has 2 N–H and O–H groups in total. The summed E-state index contributed by atoms with van der Waals surface area (Å²) in [6.45, 7) is 11.0. The van der Waals surface area contributed by atoms with E-state index in [1.54, 1.807) is 4.90 Å². The van der Waals surface area contributed by atoms with Crippen LogP contribution in [0.15, 0.2) is 0 Å². The number of primary amides is 1. The molecule has 0 aromatic carbocycles. The zero-order valence-corrected chi connectivity index (χ0v) is 16.6. The van der Waals surface area contributed by atoms with E-state index in [-0.39, 0.29) is 17.9 Å². The Bertz CT molecular complexity index is 885. The molecule has 2 aromatic heterocycles. The number of nitrogens with zero attached hydrogens (tertiary/aromatic N) is 3. The van der Waals surface area contributed by atoms with Gasteiger partial charge in [-0.1, -0.05) is 20.8 Å². The SMILES string of the molecule is Cc1nc(C(C)(C)C)nc2sc(C(=O)N3CCOC(C(N)=O)C3)c(C)c12. The van der Waals surface area contributed by atoms with Crippen LogP contribution in [0.1, 0.15) is 47.5 Å². The Kier molecular flexibility index (Phi) is 4.74. The second-order valence-corrected chi connectivity index (χ2v) is 8.63. The number of hydrogen-bond acceptors (Lipinski definition) is 6. The quantitative estimate of drug-likeness (QED) is 0.863. The summed E-state index contributed by atoms with van der Waals surface area (Å²) in [5.41, 5.74) is 6.92. The van der Waals surface area contributed by atoms with Gasteiger partial charge in [-0.25, -0.2) is 9.97 Å². The second-order valence-electron chi connectivity index (χ2n) is 7.63. The van der Waals surface area contributed by atoms with Gasteiger partial charge < -0.3 is 15.4 Å². The number of ether oxygens (including phenoxy) is 1.